The summed E-state index contributed by atoms with van der Waals surface area (Å²) in [5.74, 6) is 0.735. The summed E-state index contributed by atoms with van der Waals surface area (Å²) in [6, 6.07) is 8.91. The van der Waals surface area contributed by atoms with Gasteiger partial charge in [0.1, 0.15) is 12.4 Å². The molecule has 2 aromatic rings. The number of amides is 1. The van der Waals surface area contributed by atoms with Crippen molar-refractivity contribution in [1.29, 1.82) is 0 Å². The van der Waals surface area contributed by atoms with E-state index in [1.54, 1.807) is 30.5 Å². The largest absolute Gasteiger partial charge is 0.566 e. The van der Waals surface area contributed by atoms with Crippen LogP contribution in [0.4, 0.5) is 5.69 Å². The zero-order valence-corrected chi connectivity index (χ0v) is 16.9. The molecular weight excluding hydrogens is 390 g/mol. The smallest absolute Gasteiger partial charge is 0.254 e. The molecule has 9 heteroatoms. The van der Waals surface area contributed by atoms with Crippen LogP contribution in [0.3, 0.4) is 0 Å². The van der Waals surface area contributed by atoms with Crippen LogP contribution in [-0.4, -0.2) is 45.4 Å². The van der Waals surface area contributed by atoms with Crippen LogP contribution in [0, 0.1) is 6.92 Å². The van der Waals surface area contributed by atoms with Crippen LogP contribution in [0.2, 0.25) is 0 Å². The van der Waals surface area contributed by atoms with Crippen molar-refractivity contribution < 1.29 is 14.1 Å². The lowest BCUT2D eigenvalue weighted by atomic mass is 10.0. The van der Waals surface area contributed by atoms with Crippen molar-refractivity contribution in [1.82, 2.24) is 9.88 Å². The van der Waals surface area contributed by atoms with Gasteiger partial charge in [-0.1, -0.05) is 6.07 Å². The number of fused-ring (bicyclic) bond motifs is 1. The minimum Gasteiger partial charge on any atom is -0.566 e. The van der Waals surface area contributed by atoms with Crippen LogP contribution < -0.4 is 15.2 Å². The van der Waals surface area contributed by atoms with E-state index in [9.17, 15) is 9.35 Å². The molecule has 3 heterocycles. The summed E-state index contributed by atoms with van der Waals surface area (Å²) in [5.41, 5.74) is 8.66. The summed E-state index contributed by atoms with van der Waals surface area (Å²) in [6.07, 6.45) is 4.55. The molecule has 1 amide bonds. The van der Waals surface area contributed by atoms with Gasteiger partial charge in [-0.2, -0.15) is 4.72 Å². The number of nitrogens with two attached hydrogens (primary N) is 1. The van der Waals surface area contributed by atoms with E-state index in [2.05, 4.69) is 14.1 Å². The first-order valence-electron chi connectivity index (χ1n) is 9.55. The molecule has 1 saturated heterocycles. The Kier molecular flexibility index (Phi) is 5.59. The number of rotatable bonds is 4. The summed E-state index contributed by atoms with van der Waals surface area (Å²) >= 11 is -1.58. The number of nitrogens with one attached hydrogen (secondary N) is 1. The number of anilines is 1. The number of carbonyl (C=O) groups excluding carboxylic acids is 1. The Morgan fingerprint density at radius 3 is 3.10 bits per heavy atom. The number of likely N-dealkylation sites (tertiary alicyclic amines) is 1. The van der Waals surface area contributed by atoms with Gasteiger partial charge in [0.2, 0.25) is 11.5 Å². The molecule has 2 aliphatic heterocycles. The fourth-order valence-corrected chi connectivity index (χ4v) is 4.40. The van der Waals surface area contributed by atoms with E-state index < -0.39 is 11.5 Å². The average molecular weight is 414 g/mol. The number of ether oxygens (including phenoxy) is 1. The third-order valence-electron chi connectivity index (χ3n) is 5.12. The van der Waals surface area contributed by atoms with Crippen LogP contribution >= 0.6 is 0 Å². The van der Waals surface area contributed by atoms with Crippen molar-refractivity contribution in [2.45, 2.75) is 32.2 Å². The Morgan fingerprint density at radius 2 is 2.28 bits per heavy atom. The molecule has 3 N–H and O–H groups in total. The molecule has 0 saturated carbocycles. The van der Waals surface area contributed by atoms with E-state index in [0.717, 1.165) is 25.0 Å². The molecule has 2 atom stereocenters. The summed E-state index contributed by atoms with van der Waals surface area (Å²) in [4.78, 5) is 19.1. The summed E-state index contributed by atoms with van der Waals surface area (Å²) in [6.45, 7) is 2.92. The van der Waals surface area contributed by atoms with E-state index in [0.29, 0.717) is 35.7 Å². The third kappa shape index (κ3) is 4.15. The average Bonchev–Trinajstić information content (AvgIpc) is 2.71. The van der Waals surface area contributed by atoms with Crippen LogP contribution in [0.1, 0.15) is 40.9 Å². The predicted octanol–water partition coefficient (Wildman–Crippen LogP) is 2.17. The van der Waals surface area contributed by atoms with Crippen molar-refractivity contribution >= 4 is 29.0 Å². The summed E-state index contributed by atoms with van der Waals surface area (Å²) < 4.78 is 24.4. The Morgan fingerprint density at radius 1 is 1.41 bits per heavy atom. The number of pyridine rings is 1. The summed E-state index contributed by atoms with van der Waals surface area (Å²) in [5, 5.41) is 0. The van der Waals surface area contributed by atoms with Crippen LogP contribution in [0.5, 0.6) is 5.75 Å². The van der Waals surface area contributed by atoms with E-state index in [4.69, 9.17) is 10.5 Å². The molecule has 0 spiro atoms. The second-order valence-corrected chi connectivity index (χ2v) is 8.04. The van der Waals surface area contributed by atoms with Gasteiger partial charge < -0.3 is 19.9 Å². The monoisotopic (exact) mass is 413 g/mol. The number of piperidine rings is 1. The highest BCUT2D eigenvalue weighted by molar-refractivity contribution is 7.91. The molecule has 0 radical (unpaired) electrons. The van der Waals surface area contributed by atoms with Gasteiger partial charge in [-0.25, -0.2) is 0 Å². The fraction of sp³-hybridized carbons (Fsp3) is 0.350. The van der Waals surface area contributed by atoms with Gasteiger partial charge >= 0.3 is 0 Å². The van der Waals surface area contributed by atoms with Crippen LogP contribution in [0.15, 0.2) is 40.9 Å². The Balaban J connectivity index is 1.51. The van der Waals surface area contributed by atoms with Gasteiger partial charge in [0.25, 0.3) is 5.91 Å². The van der Waals surface area contributed by atoms with Crippen molar-refractivity contribution in [3.8, 4) is 5.75 Å². The third-order valence-corrected chi connectivity index (χ3v) is 5.88. The first-order chi connectivity index (χ1) is 14.0. The fourth-order valence-electron chi connectivity index (χ4n) is 3.72. The first kappa shape index (κ1) is 19.5. The molecule has 1 fully saturated rings. The first-order valence-corrected chi connectivity index (χ1v) is 10.7. The molecule has 2 unspecified atom stereocenters. The maximum absolute atomic E-state index is 13.1. The van der Waals surface area contributed by atoms with Crippen molar-refractivity contribution in [2.75, 3.05) is 17.9 Å². The maximum Gasteiger partial charge on any atom is 0.254 e. The zero-order chi connectivity index (χ0) is 20.4. The molecular formula is C20H23N5O3S. The minimum absolute atomic E-state index is 0.00275. The molecule has 29 heavy (non-hydrogen) atoms. The van der Waals surface area contributed by atoms with Crippen LogP contribution in [-0.2, 0) is 11.5 Å². The summed E-state index contributed by atoms with van der Waals surface area (Å²) in [7, 11) is 0. The lowest BCUT2D eigenvalue weighted by molar-refractivity contribution is 0.0528. The molecule has 4 rings (SSSR count). The normalized spacial score (nSPS) is 21.0. The Hall–Kier alpha value is -2.78. The minimum atomic E-state index is -1.58. The van der Waals surface area contributed by atoms with E-state index >= 15 is 0 Å². The molecule has 2 aliphatic rings. The number of aromatic nitrogens is 1. The molecule has 1 aromatic heterocycles. The molecule has 0 aliphatic carbocycles. The number of hydrogen-bond acceptors (Lipinski definition) is 7. The lowest BCUT2D eigenvalue weighted by Crippen LogP contribution is -2.46. The number of benzene rings is 1. The van der Waals surface area contributed by atoms with Gasteiger partial charge in [0.05, 0.1) is 17.3 Å². The molecule has 152 valence electrons. The standard InChI is InChI=1S/C20H23N5O3S/c1-13-11-14(8-9-22-13)20(26)25-10-3-2-5-15(25)12-28-17-7-4-6-16-18(17)19(21)24-29(27)23-16/h4,6-9,11,15,23H,2-3,5,10,12H2,1H3,(H2,21,24). The van der Waals surface area contributed by atoms with E-state index in [-0.39, 0.29) is 17.8 Å². The quantitative estimate of drug-likeness (QED) is 0.742. The number of nitrogens with zero attached hydrogens (tertiary/aromatic N) is 3. The number of carbonyl (C=O) groups is 1. The number of aryl methyl sites for hydroxylation is 1. The second-order valence-electron chi connectivity index (χ2n) is 7.15. The van der Waals surface area contributed by atoms with E-state index in [1.165, 1.54) is 0 Å². The van der Waals surface area contributed by atoms with Gasteiger partial charge in [0, 0.05) is 24.0 Å². The van der Waals surface area contributed by atoms with E-state index in [1.807, 2.05) is 17.9 Å². The second kappa shape index (κ2) is 8.30. The number of amidine groups is 1. The highest BCUT2D eigenvalue weighted by Gasteiger charge is 2.30. The van der Waals surface area contributed by atoms with Gasteiger partial charge in [-0.15, -0.1) is 0 Å². The Labute approximate surface area is 172 Å². The molecule has 1 aromatic carbocycles. The molecule has 8 nitrogen and oxygen atoms in total. The topological polar surface area (TPSA) is 116 Å². The van der Waals surface area contributed by atoms with Crippen molar-refractivity contribution in [3.63, 3.8) is 0 Å². The number of hydrogen-bond donors (Lipinski definition) is 2. The Bertz CT molecular complexity index is 951. The van der Waals surface area contributed by atoms with Gasteiger partial charge in [-0.05, 0) is 54.8 Å². The predicted molar refractivity (Wildman–Crippen MR) is 112 cm³/mol. The van der Waals surface area contributed by atoms with Gasteiger partial charge in [0.15, 0.2) is 5.84 Å². The van der Waals surface area contributed by atoms with Crippen molar-refractivity contribution in [2.24, 2.45) is 10.1 Å². The highest BCUT2D eigenvalue weighted by atomic mass is 32.2. The zero-order valence-electron chi connectivity index (χ0n) is 16.1. The lowest BCUT2D eigenvalue weighted by Gasteiger charge is -2.36. The molecule has 0 bridgehead atoms. The van der Waals surface area contributed by atoms with Crippen molar-refractivity contribution in [3.05, 3.63) is 53.3 Å². The van der Waals surface area contributed by atoms with Crippen LogP contribution in [0.25, 0.3) is 0 Å². The highest BCUT2D eigenvalue weighted by Crippen LogP contribution is 2.31. The van der Waals surface area contributed by atoms with Gasteiger partial charge in [-0.3, -0.25) is 9.78 Å². The SMILES string of the molecule is Cc1cc(C(=O)N2CCCCC2COc2cccc3c2C(N)=N[S+]([O-])N3)ccn1. The maximum atomic E-state index is 13.1.